The highest BCUT2D eigenvalue weighted by Crippen LogP contribution is 2.24. The van der Waals surface area contributed by atoms with Crippen LogP contribution in [0.5, 0.6) is 0 Å². The van der Waals surface area contributed by atoms with E-state index in [1.807, 2.05) is 19.1 Å². The summed E-state index contributed by atoms with van der Waals surface area (Å²) in [7, 11) is 0. The standard InChI is InChI=1S/C13H20ClN/c1-10-11(14)6-5-7-12(10)15-9-8-13(2,3)4/h5-7,15H,8-9H2,1-4H3. The first-order valence-corrected chi connectivity index (χ1v) is 5.77. The van der Waals surface area contributed by atoms with Gasteiger partial charge in [-0.2, -0.15) is 0 Å². The molecule has 0 aliphatic heterocycles. The molecule has 2 heteroatoms. The predicted octanol–water partition coefficient (Wildman–Crippen LogP) is 4.50. The summed E-state index contributed by atoms with van der Waals surface area (Å²) in [5.74, 6) is 0. The summed E-state index contributed by atoms with van der Waals surface area (Å²) >= 11 is 6.04. The minimum absolute atomic E-state index is 0.374. The smallest absolute Gasteiger partial charge is 0.0455 e. The molecule has 0 aromatic heterocycles. The number of nitrogens with one attached hydrogen (secondary N) is 1. The molecule has 0 fully saturated rings. The van der Waals surface area contributed by atoms with Crippen molar-refractivity contribution in [1.29, 1.82) is 0 Å². The number of rotatable bonds is 3. The first-order valence-electron chi connectivity index (χ1n) is 5.39. The van der Waals surface area contributed by atoms with E-state index in [2.05, 4.69) is 32.2 Å². The van der Waals surface area contributed by atoms with E-state index < -0.39 is 0 Å². The largest absolute Gasteiger partial charge is 0.385 e. The SMILES string of the molecule is Cc1c(Cl)cccc1NCCC(C)(C)C. The van der Waals surface area contributed by atoms with Gasteiger partial charge in [0.2, 0.25) is 0 Å². The quantitative estimate of drug-likeness (QED) is 0.799. The van der Waals surface area contributed by atoms with E-state index in [1.54, 1.807) is 0 Å². The maximum absolute atomic E-state index is 6.04. The summed E-state index contributed by atoms with van der Waals surface area (Å²) in [6, 6.07) is 5.98. The van der Waals surface area contributed by atoms with Crippen LogP contribution in [-0.4, -0.2) is 6.54 Å². The molecule has 0 unspecified atom stereocenters. The highest BCUT2D eigenvalue weighted by molar-refractivity contribution is 6.31. The van der Waals surface area contributed by atoms with Gasteiger partial charge in [0.15, 0.2) is 0 Å². The van der Waals surface area contributed by atoms with Crippen LogP contribution in [0.4, 0.5) is 5.69 Å². The zero-order valence-electron chi connectivity index (χ0n) is 10.0. The number of benzene rings is 1. The third kappa shape index (κ3) is 4.13. The highest BCUT2D eigenvalue weighted by Gasteiger charge is 2.09. The van der Waals surface area contributed by atoms with Crippen molar-refractivity contribution in [1.82, 2.24) is 0 Å². The zero-order chi connectivity index (χ0) is 11.5. The Balaban J connectivity index is 2.55. The molecule has 1 N–H and O–H groups in total. The molecule has 0 saturated heterocycles. The van der Waals surface area contributed by atoms with Gasteiger partial charge in [-0.15, -0.1) is 0 Å². The third-order valence-electron chi connectivity index (χ3n) is 2.46. The first kappa shape index (κ1) is 12.4. The Hall–Kier alpha value is -0.690. The molecular weight excluding hydrogens is 206 g/mol. The Labute approximate surface area is 97.8 Å². The van der Waals surface area contributed by atoms with Gasteiger partial charge in [-0.1, -0.05) is 38.4 Å². The molecule has 84 valence electrons. The van der Waals surface area contributed by atoms with Crippen LogP contribution in [0, 0.1) is 12.3 Å². The number of hydrogen-bond acceptors (Lipinski definition) is 1. The highest BCUT2D eigenvalue weighted by atomic mass is 35.5. The average Bonchev–Trinajstić information content (AvgIpc) is 2.10. The predicted molar refractivity (Wildman–Crippen MR) is 68.8 cm³/mol. The summed E-state index contributed by atoms with van der Waals surface area (Å²) in [6.45, 7) is 9.78. The minimum atomic E-state index is 0.374. The van der Waals surface area contributed by atoms with Crippen molar-refractivity contribution >= 4 is 17.3 Å². The summed E-state index contributed by atoms with van der Waals surface area (Å²) in [6.07, 6.45) is 1.15. The molecule has 0 atom stereocenters. The van der Waals surface area contributed by atoms with Crippen LogP contribution < -0.4 is 5.32 Å². The Kier molecular flexibility index (Phi) is 4.04. The molecule has 1 rings (SSSR count). The van der Waals surface area contributed by atoms with E-state index in [4.69, 9.17) is 11.6 Å². The molecule has 0 heterocycles. The molecule has 0 amide bonds. The summed E-state index contributed by atoms with van der Waals surface area (Å²) in [5.41, 5.74) is 2.65. The minimum Gasteiger partial charge on any atom is -0.385 e. The molecular formula is C13H20ClN. The summed E-state index contributed by atoms with van der Waals surface area (Å²) in [5, 5.41) is 4.26. The van der Waals surface area contributed by atoms with Crippen LogP contribution in [0.25, 0.3) is 0 Å². The maximum Gasteiger partial charge on any atom is 0.0455 e. The molecule has 0 bridgehead atoms. The van der Waals surface area contributed by atoms with Crippen LogP contribution in [-0.2, 0) is 0 Å². The Morgan fingerprint density at radius 2 is 1.93 bits per heavy atom. The fraction of sp³-hybridized carbons (Fsp3) is 0.538. The number of anilines is 1. The fourth-order valence-corrected chi connectivity index (χ4v) is 1.55. The van der Waals surface area contributed by atoms with Gasteiger partial charge in [-0.05, 0) is 36.5 Å². The lowest BCUT2D eigenvalue weighted by atomic mass is 9.92. The van der Waals surface area contributed by atoms with Gasteiger partial charge in [-0.3, -0.25) is 0 Å². The van der Waals surface area contributed by atoms with Crippen LogP contribution in [0.2, 0.25) is 5.02 Å². The van der Waals surface area contributed by atoms with Gasteiger partial charge < -0.3 is 5.32 Å². The molecule has 1 nitrogen and oxygen atoms in total. The van der Waals surface area contributed by atoms with Gasteiger partial charge in [0.1, 0.15) is 0 Å². The lowest BCUT2D eigenvalue weighted by Gasteiger charge is -2.19. The number of halogens is 1. The van der Waals surface area contributed by atoms with Gasteiger partial charge in [0.05, 0.1) is 0 Å². The zero-order valence-corrected chi connectivity index (χ0v) is 10.8. The van der Waals surface area contributed by atoms with Crippen LogP contribution in [0.3, 0.4) is 0 Å². The molecule has 0 saturated carbocycles. The first-order chi connectivity index (χ1) is 6.90. The lowest BCUT2D eigenvalue weighted by molar-refractivity contribution is 0.390. The maximum atomic E-state index is 6.04. The normalized spacial score (nSPS) is 11.5. The topological polar surface area (TPSA) is 12.0 Å². The second-order valence-electron chi connectivity index (χ2n) is 5.15. The van der Waals surface area contributed by atoms with Crippen LogP contribution in [0.15, 0.2) is 18.2 Å². The van der Waals surface area contributed by atoms with Crippen molar-refractivity contribution in [2.75, 3.05) is 11.9 Å². The monoisotopic (exact) mass is 225 g/mol. The molecule has 0 aliphatic rings. The Morgan fingerprint density at radius 1 is 1.27 bits per heavy atom. The Morgan fingerprint density at radius 3 is 2.53 bits per heavy atom. The molecule has 0 radical (unpaired) electrons. The molecule has 0 spiro atoms. The van der Waals surface area contributed by atoms with Crippen molar-refractivity contribution in [2.45, 2.75) is 34.1 Å². The van der Waals surface area contributed by atoms with Gasteiger partial charge in [0.25, 0.3) is 0 Å². The van der Waals surface area contributed by atoms with Gasteiger partial charge >= 0.3 is 0 Å². The van der Waals surface area contributed by atoms with Crippen molar-refractivity contribution in [3.05, 3.63) is 28.8 Å². The van der Waals surface area contributed by atoms with E-state index in [1.165, 1.54) is 0 Å². The average molecular weight is 226 g/mol. The third-order valence-corrected chi connectivity index (χ3v) is 2.87. The van der Waals surface area contributed by atoms with Crippen molar-refractivity contribution in [3.63, 3.8) is 0 Å². The van der Waals surface area contributed by atoms with Crippen LogP contribution in [0.1, 0.15) is 32.8 Å². The van der Waals surface area contributed by atoms with Gasteiger partial charge in [0, 0.05) is 17.3 Å². The van der Waals surface area contributed by atoms with Crippen molar-refractivity contribution in [3.8, 4) is 0 Å². The summed E-state index contributed by atoms with van der Waals surface area (Å²) < 4.78 is 0. The number of hydrogen-bond donors (Lipinski definition) is 1. The van der Waals surface area contributed by atoms with Crippen molar-refractivity contribution in [2.24, 2.45) is 5.41 Å². The molecule has 1 aromatic carbocycles. The second kappa shape index (κ2) is 4.89. The van der Waals surface area contributed by atoms with Crippen molar-refractivity contribution < 1.29 is 0 Å². The van der Waals surface area contributed by atoms with E-state index >= 15 is 0 Å². The Bertz CT molecular complexity index is 326. The second-order valence-corrected chi connectivity index (χ2v) is 5.56. The molecule has 0 aliphatic carbocycles. The lowest BCUT2D eigenvalue weighted by Crippen LogP contribution is -2.13. The van der Waals surface area contributed by atoms with E-state index in [-0.39, 0.29) is 0 Å². The van der Waals surface area contributed by atoms with E-state index in [0.29, 0.717) is 5.41 Å². The van der Waals surface area contributed by atoms with Crippen LogP contribution >= 0.6 is 11.6 Å². The molecule has 1 aromatic rings. The van der Waals surface area contributed by atoms with Gasteiger partial charge in [-0.25, -0.2) is 0 Å². The molecule has 15 heavy (non-hydrogen) atoms. The van der Waals surface area contributed by atoms with E-state index in [9.17, 15) is 0 Å². The van der Waals surface area contributed by atoms with E-state index in [0.717, 1.165) is 29.2 Å². The summed E-state index contributed by atoms with van der Waals surface area (Å²) in [4.78, 5) is 0. The fourth-order valence-electron chi connectivity index (χ4n) is 1.37.